The first-order valence-corrected chi connectivity index (χ1v) is 8.35. The summed E-state index contributed by atoms with van der Waals surface area (Å²) in [6.07, 6.45) is 3.44. The fraction of sp³-hybridized carbons (Fsp3) is 0.529. The number of benzene rings is 1. The third-order valence-electron chi connectivity index (χ3n) is 3.32. The molecule has 1 aromatic rings. The lowest BCUT2D eigenvalue weighted by atomic mass is 10.2. The van der Waals surface area contributed by atoms with Crippen LogP contribution in [0, 0.1) is 0 Å². The fourth-order valence-electron chi connectivity index (χ4n) is 2.00. The highest BCUT2D eigenvalue weighted by Crippen LogP contribution is 2.37. The van der Waals surface area contributed by atoms with Gasteiger partial charge in [0, 0.05) is 19.0 Å². The molecule has 0 saturated heterocycles. The van der Waals surface area contributed by atoms with Crippen LogP contribution in [0.3, 0.4) is 0 Å². The molecule has 0 aromatic heterocycles. The molecule has 0 amide bonds. The molecule has 21 heavy (non-hydrogen) atoms. The van der Waals surface area contributed by atoms with E-state index in [4.69, 9.17) is 9.47 Å². The third kappa shape index (κ3) is 5.36. The van der Waals surface area contributed by atoms with Crippen LogP contribution in [-0.2, 0) is 6.54 Å². The Balaban J connectivity index is 2.07. The summed E-state index contributed by atoms with van der Waals surface area (Å²) in [5.41, 5.74) is 2.33. The zero-order chi connectivity index (χ0) is 15.2. The quantitative estimate of drug-likeness (QED) is 0.665. The molecular weight excluding hydrogens is 330 g/mol. The normalized spacial score (nSPS) is 14.0. The van der Waals surface area contributed by atoms with Gasteiger partial charge in [-0.05, 0) is 60.3 Å². The monoisotopic (exact) mass is 353 g/mol. The second kappa shape index (κ2) is 7.85. The van der Waals surface area contributed by atoms with Gasteiger partial charge in [-0.15, -0.1) is 6.58 Å². The summed E-state index contributed by atoms with van der Waals surface area (Å²) in [6, 6.07) is 4.87. The van der Waals surface area contributed by atoms with Crippen molar-refractivity contribution in [1.82, 2.24) is 5.32 Å². The van der Waals surface area contributed by atoms with Gasteiger partial charge in [0.1, 0.15) is 0 Å². The van der Waals surface area contributed by atoms with Crippen molar-refractivity contribution in [3.8, 4) is 11.5 Å². The predicted molar refractivity (Wildman–Crippen MR) is 90.1 cm³/mol. The lowest BCUT2D eigenvalue weighted by Gasteiger charge is -2.16. The summed E-state index contributed by atoms with van der Waals surface area (Å²) in [7, 11) is 0. The molecule has 2 rings (SSSR count). The molecule has 1 aliphatic carbocycles. The highest BCUT2D eigenvalue weighted by molar-refractivity contribution is 9.10. The van der Waals surface area contributed by atoms with Gasteiger partial charge in [0.05, 0.1) is 17.7 Å². The maximum Gasteiger partial charge on any atom is 0.175 e. The second-order valence-corrected chi connectivity index (χ2v) is 6.40. The van der Waals surface area contributed by atoms with Crippen molar-refractivity contribution in [2.45, 2.75) is 45.7 Å². The Labute approximate surface area is 135 Å². The maximum atomic E-state index is 5.87. The van der Waals surface area contributed by atoms with E-state index in [0.717, 1.165) is 34.5 Å². The Morgan fingerprint density at radius 3 is 2.76 bits per heavy atom. The van der Waals surface area contributed by atoms with Crippen LogP contribution >= 0.6 is 15.9 Å². The van der Waals surface area contributed by atoms with E-state index in [2.05, 4.69) is 40.0 Å². The van der Waals surface area contributed by atoms with Gasteiger partial charge in [-0.25, -0.2) is 0 Å². The van der Waals surface area contributed by atoms with E-state index in [9.17, 15) is 0 Å². The van der Waals surface area contributed by atoms with Crippen molar-refractivity contribution < 1.29 is 9.47 Å². The minimum Gasteiger partial charge on any atom is -0.490 e. The summed E-state index contributed by atoms with van der Waals surface area (Å²) in [5, 5.41) is 3.52. The molecule has 0 unspecified atom stereocenters. The zero-order valence-corrected chi connectivity index (χ0v) is 14.5. The molecule has 0 aliphatic heterocycles. The fourth-order valence-corrected chi connectivity index (χ4v) is 2.61. The van der Waals surface area contributed by atoms with Crippen LogP contribution in [0.25, 0.3) is 0 Å². The van der Waals surface area contributed by atoms with Crippen molar-refractivity contribution in [1.29, 1.82) is 0 Å². The lowest BCUT2D eigenvalue weighted by molar-refractivity contribution is 0.277. The van der Waals surface area contributed by atoms with E-state index < -0.39 is 0 Å². The summed E-state index contributed by atoms with van der Waals surface area (Å²) in [5.74, 6) is 1.59. The van der Waals surface area contributed by atoms with Crippen molar-refractivity contribution in [2.24, 2.45) is 0 Å². The van der Waals surface area contributed by atoms with Crippen LogP contribution in [0.5, 0.6) is 11.5 Å². The van der Waals surface area contributed by atoms with Gasteiger partial charge < -0.3 is 14.8 Å². The highest BCUT2D eigenvalue weighted by Gasteiger charge is 2.20. The van der Waals surface area contributed by atoms with Crippen LogP contribution in [0.1, 0.15) is 38.7 Å². The topological polar surface area (TPSA) is 30.5 Å². The summed E-state index contributed by atoms with van der Waals surface area (Å²) < 4.78 is 12.6. The average molecular weight is 354 g/mol. The van der Waals surface area contributed by atoms with Crippen LogP contribution < -0.4 is 14.8 Å². The molecule has 1 fully saturated rings. The molecule has 3 nitrogen and oxygen atoms in total. The molecule has 1 saturated carbocycles. The second-order valence-electron chi connectivity index (χ2n) is 5.55. The van der Waals surface area contributed by atoms with Crippen LogP contribution in [0.4, 0.5) is 0 Å². The van der Waals surface area contributed by atoms with Gasteiger partial charge in [-0.3, -0.25) is 0 Å². The van der Waals surface area contributed by atoms with Crippen molar-refractivity contribution in [3.63, 3.8) is 0 Å². The van der Waals surface area contributed by atoms with Crippen LogP contribution in [-0.4, -0.2) is 19.3 Å². The van der Waals surface area contributed by atoms with Gasteiger partial charge in [0.2, 0.25) is 0 Å². The number of nitrogens with one attached hydrogen (secondary N) is 1. The third-order valence-corrected chi connectivity index (χ3v) is 3.91. The van der Waals surface area contributed by atoms with Gasteiger partial charge in [-0.2, -0.15) is 0 Å². The maximum absolute atomic E-state index is 5.87. The first kappa shape index (κ1) is 16.4. The molecular formula is C17H24BrNO2. The molecule has 4 heteroatoms. The SMILES string of the molecule is C=C(C)CCOc1c(Br)cc(CNC2CC2)cc1OCC. The molecule has 1 aliphatic rings. The number of rotatable bonds is 9. The van der Waals surface area contributed by atoms with E-state index in [0.29, 0.717) is 19.3 Å². The smallest absolute Gasteiger partial charge is 0.175 e. The minimum absolute atomic E-state index is 0.619. The Kier molecular flexibility index (Phi) is 6.12. The van der Waals surface area contributed by atoms with E-state index in [1.54, 1.807) is 0 Å². The summed E-state index contributed by atoms with van der Waals surface area (Å²) in [6.45, 7) is 10.0. The van der Waals surface area contributed by atoms with E-state index in [1.165, 1.54) is 18.4 Å². The standard InChI is InChI=1S/C17H24BrNO2/c1-4-20-16-10-13(11-19-14-5-6-14)9-15(18)17(16)21-8-7-12(2)3/h9-10,14,19H,2,4-8,11H2,1,3H3. The van der Waals surface area contributed by atoms with Gasteiger partial charge in [0.15, 0.2) is 11.5 Å². The number of hydrogen-bond acceptors (Lipinski definition) is 3. The molecule has 0 atom stereocenters. The van der Waals surface area contributed by atoms with E-state index in [-0.39, 0.29) is 0 Å². The van der Waals surface area contributed by atoms with Crippen molar-refractivity contribution in [3.05, 3.63) is 34.3 Å². The predicted octanol–water partition coefficient (Wildman–Crippen LogP) is 4.44. The zero-order valence-electron chi connectivity index (χ0n) is 12.9. The highest BCUT2D eigenvalue weighted by atomic mass is 79.9. The first-order chi connectivity index (χ1) is 10.1. The number of halogens is 1. The molecule has 0 spiro atoms. The van der Waals surface area contributed by atoms with Gasteiger partial charge in [-0.1, -0.05) is 5.57 Å². The summed E-state index contributed by atoms with van der Waals surface area (Å²) in [4.78, 5) is 0. The summed E-state index contributed by atoms with van der Waals surface area (Å²) >= 11 is 3.60. The Morgan fingerprint density at radius 1 is 1.38 bits per heavy atom. The van der Waals surface area contributed by atoms with Gasteiger partial charge >= 0.3 is 0 Å². The largest absolute Gasteiger partial charge is 0.490 e. The molecule has 0 heterocycles. The lowest BCUT2D eigenvalue weighted by Crippen LogP contribution is -2.15. The van der Waals surface area contributed by atoms with Crippen molar-refractivity contribution in [2.75, 3.05) is 13.2 Å². The molecule has 116 valence electrons. The molecule has 0 bridgehead atoms. The van der Waals surface area contributed by atoms with Crippen LogP contribution in [0.2, 0.25) is 0 Å². The molecule has 0 radical (unpaired) electrons. The molecule has 1 aromatic carbocycles. The van der Waals surface area contributed by atoms with Crippen molar-refractivity contribution >= 4 is 15.9 Å². The minimum atomic E-state index is 0.619. The number of hydrogen-bond donors (Lipinski definition) is 1. The van der Waals surface area contributed by atoms with E-state index in [1.807, 2.05) is 13.8 Å². The molecule has 1 N–H and O–H groups in total. The van der Waals surface area contributed by atoms with E-state index >= 15 is 0 Å². The Hall–Kier alpha value is -1.00. The van der Waals surface area contributed by atoms with Gasteiger partial charge in [0.25, 0.3) is 0 Å². The van der Waals surface area contributed by atoms with Crippen LogP contribution in [0.15, 0.2) is 28.8 Å². The first-order valence-electron chi connectivity index (χ1n) is 7.56. The number of ether oxygens (including phenoxy) is 2. The Morgan fingerprint density at radius 2 is 2.14 bits per heavy atom. The average Bonchev–Trinajstić information content (AvgIpc) is 3.23. The Bertz CT molecular complexity index is 498.